The van der Waals surface area contributed by atoms with Crippen LogP contribution in [0.4, 0.5) is 0 Å². The van der Waals surface area contributed by atoms with Gasteiger partial charge in [0.2, 0.25) is 11.8 Å². The summed E-state index contributed by atoms with van der Waals surface area (Å²) in [5, 5.41) is 18.0. The van der Waals surface area contributed by atoms with Crippen molar-refractivity contribution in [2.45, 2.75) is 40.2 Å². The molecular formula is C15H20N2O2. The van der Waals surface area contributed by atoms with E-state index in [-0.39, 0.29) is 5.41 Å². The minimum atomic E-state index is -0.501. The van der Waals surface area contributed by atoms with E-state index in [1.165, 1.54) is 5.56 Å². The molecule has 1 heterocycles. The van der Waals surface area contributed by atoms with Gasteiger partial charge in [-0.05, 0) is 24.5 Å². The number of benzene rings is 1. The fourth-order valence-corrected chi connectivity index (χ4v) is 1.62. The van der Waals surface area contributed by atoms with Gasteiger partial charge in [-0.15, -0.1) is 10.2 Å². The largest absolute Gasteiger partial charge is 0.421 e. The summed E-state index contributed by atoms with van der Waals surface area (Å²) in [6, 6.07) is 7.91. The van der Waals surface area contributed by atoms with Gasteiger partial charge >= 0.3 is 0 Å². The molecule has 0 saturated carbocycles. The van der Waals surface area contributed by atoms with E-state index in [4.69, 9.17) is 4.42 Å². The second kappa shape index (κ2) is 5.13. The van der Waals surface area contributed by atoms with Gasteiger partial charge in [-0.1, -0.05) is 38.5 Å². The van der Waals surface area contributed by atoms with Crippen molar-refractivity contribution in [3.63, 3.8) is 0 Å². The Hall–Kier alpha value is -1.68. The Morgan fingerprint density at radius 2 is 1.79 bits per heavy atom. The Kier molecular flexibility index (Phi) is 3.71. The first-order valence-electron chi connectivity index (χ1n) is 6.44. The lowest BCUT2D eigenvalue weighted by atomic mass is 9.87. The third-order valence-corrected chi connectivity index (χ3v) is 3.13. The molecule has 0 bridgehead atoms. The summed E-state index contributed by atoms with van der Waals surface area (Å²) in [4.78, 5) is 0. The van der Waals surface area contributed by atoms with Crippen LogP contribution in [0.2, 0.25) is 0 Å². The smallest absolute Gasteiger partial charge is 0.247 e. The van der Waals surface area contributed by atoms with Crippen LogP contribution in [0.5, 0.6) is 0 Å². The molecule has 0 fully saturated rings. The van der Waals surface area contributed by atoms with Crippen LogP contribution in [0.25, 0.3) is 11.5 Å². The van der Waals surface area contributed by atoms with Gasteiger partial charge < -0.3 is 9.52 Å². The molecule has 1 N–H and O–H groups in total. The van der Waals surface area contributed by atoms with Crippen LogP contribution in [0.15, 0.2) is 28.7 Å². The molecular weight excluding hydrogens is 240 g/mol. The molecule has 0 unspecified atom stereocenters. The molecule has 1 aromatic carbocycles. The predicted molar refractivity (Wildman–Crippen MR) is 73.6 cm³/mol. The number of hydrogen-bond donors (Lipinski definition) is 1. The molecule has 0 saturated heterocycles. The molecule has 0 aliphatic heterocycles. The third kappa shape index (κ3) is 3.41. The van der Waals surface area contributed by atoms with Crippen LogP contribution < -0.4 is 0 Å². The van der Waals surface area contributed by atoms with Gasteiger partial charge in [0.25, 0.3) is 0 Å². The van der Waals surface area contributed by atoms with Crippen LogP contribution in [-0.4, -0.2) is 21.4 Å². The third-order valence-electron chi connectivity index (χ3n) is 3.13. The van der Waals surface area contributed by atoms with Gasteiger partial charge in [-0.25, -0.2) is 0 Å². The van der Waals surface area contributed by atoms with Gasteiger partial charge in [0.05, 0.1) is 12.5 Å². The van der Waals surface area contributed by atoms with Crippen molar-refractivity contribution in [2.75, 3.05) is 0 Å². The summed E-state index contributed by atoms with van der Waals surface area (Å²) >= 11 is 0. The maximum atomic E-state index is 10.0. The van der Waals surface area contributed by atoms with Crippen molar-refractivity contribution in [3.8, 4) is 11.5 Å². The standard InChI is InChI=1S/C15H20N2O2/c1-10-5-7-11(8-6-10)14-17-16-13(19-14)9-12(18)15(2,3)4/h5-8,12,18H,9H2,1-4H3/t12-/m1/s1. The van der Waals surface area contributed by atoms with Crippen molar-refractivity contribution in [1.29, 1.82) is 0 Å². The molecule has 4 nitrogen and oxygen atoms in total. The highest BCUT2D eigenvalue weighted by Crippen LogP contribution is 2.24. The molecule has 2 aromatic rings. The molecule has 0 aliphatic carbocycles. The summed E-state index contributed by atoms with van der Waals surface area (Å²) in [5.74, 6) is 0.967. The van der Waals surface area contributed by atoms with E-state index >= 15 is 0 Å². The van der Waals surface area contributed by atoms with Crippen LogP contribution in [0, 0.1) is 12.3 Å². The summed E-state index contributed by atoms with van der Waals surface area (Å²) < 4.78 is 5.59. The molecule has 1 atom stereocenters. The SMILES string of the molecule is Cc1ccc(-c2nnc(C[C@@H](O)C(C)(C)C)o2)cc1. The van der Waals surface area contributed by atoms with Crippen molar-refractivity contribution >= 4 is 0 Å². The fraction of sp³-hybridized carbons (Fsp3) is 0.467. The van der Waals surface area contributed by atoms with Crippen molar-refractivity contribution in [3.05, 3.63) is 35.7 Å². The summed E-state index contributed by atoms with van der Waals surface area (Å²) in [5.41, 5.74) is 1.89. The van der Waals surface area contributed by atoms with Gasteiger partial charge in [0.15, 0.2) is 0 Å². The van der Waals surface area contributed by atoms with E-state index in [1.54, 1.807) is 0 Å². The van der Waals surface area contributed by atoms with Crippen molar-refractivity contribution in [1.82, 2.24) is 10.2 Å². The minimum Gasteiger partial charge on any atom is -0.421 e. The summed E-state index contributed by atoms with van der Waals surface area (Å²) in [6.07, 6.45) is -0.124. The van der Waals surface area contributed by atoms with Gasteiger partial charge in [-0.3, -0.25) is 0 Å². The first-order valence-corrected chi connectivity index (χ1v) is 6.44. The zero-order valence-corrected chi connectivity index (χ0v) is 11.8. The molecule has 0 radical (unpaired) electrons. The second-order valence-corrected chi connectivity index (χ2v) is 5.95. The van der Waals surface area contributed by atoms with Gasteiger partial charge in [-0.2, -0.15) is 0 Å². The Labute approximate surface area is 113 Å². The topological polar surface area (TPSA) is 59.2 Å². The lowest BCUT2D eigenvalue weighted by Crippen LogP contribution is -2.28. The van der Waals surface area contributed by atoms with Crippen LogP contribution in [0.1, 0.15) is 32.2 Å². The summed E-state index contributed by atoms with van der Waals surface area (Å²) in [7, 11) is 0. The van der Waals surface area contributed by atoms with E-state index in [9.17, 15) is 5.11 Å². The van der Waals surface area contributed by atoms with Gasteiger partial charge in [0.1, 0.15) is 0 Å². The Morgan fingerprint density at radius 3 is 2.37 bits per heavy atom. The van der Waals surface area contributed by atoms with Crippen LogP contribution in [0.3, 0.4) is 0 Å². The molecule has 0 aliphatic rings. The number of aromatic nitrogens is 2. The molecule has 4 heteroatoms. The van der Waals surface area contributed by atoms with Crippen LogP contribution in [-0.2, 0) is 6.42 Å². The molecule has 0 amide bonds. The number of hydrogen-bond acceptors (Lipinski definition) is 4. The van der Waals surface area contributed by atoms with Gasteiger partial charge in [0, 0.05) is 5.56 Å². The Morgan fingerprint density at radius 1 is 1.16 bits per heavy atom. The first kappa shape index (κ1) is 13.7. The minimum absolute atomic E-state index is 0.196. The van der Waals surface area contributed by atoms with E-state index in [0.717, 1.165) is 5.56 Å². The maximum absolute atomic E-state index is 10.0. The highest BCUT2D eigenvalue weighted by atomic mass is 16.4. The number of aliphatic hydroxyl groups is 1. The molecule has 0 spiro atoms. The number of nitrogens with zero attached hydrogens (tertiary/aromatic N) is 2. The number of aryl methyl sites for hydroxylation is 1. The summed E-state index contributed by atoms with van der Waals surface area (Å²) in [6.45, 7) is 7.97. The number of rotatable bonds is 3. The predicted octanol–water partition coefficient (Wildman–Crippen LogP) is 2.99. The zero-order valence-electron chi connectivity index (χ0n) is 11.8. The monoisotopic (exact) mass is 260 g/mol. The zero-order chi connectivity index (χ0) is 14.0. The van der Waals surface area contributed by atoms with Crippen molar-refractivity contribution < 1.29 is 9.52 Å². The lowest BCUT2D eigenvalue weighted by molar-refractivity contribution is 0.0580. The van der Waals surface area contributed by atoms with Crippen molar-refractivity contribution in [2.24, 2.45) is 5.41 Å². The lowest BCUT2D eigenvalue weighted by Gasteiger charge is -2.24. The van der Waals surface area contributed by atoms with Crippen LogP contribution >= 0.6 is 0 Å². The second-order valence-electron chi connectivity index (χ2n) is 5.95. The molecule has 19 heavy (non-hydrogen) atoms. The molecule has 1 aromatic heterocycles. The molecule has 102 valence electrons. The van der Waals surface area contributed by atoms with E-state index in [2.05, 4.69) is 10.2 Å². The molecule has 2 rings (SSSR count). The fourth-order valence-electron chi connectivity index (χ4n) is 1.62. The van der Waals surface area contributed by atoms with E-state index in [1.807, 2.05) is 52.0 Å². The normalized spacial score (nSPS) is 13.5. The Balaban J connectivity index is 2.13. The quantitative estimate of drug-likeness (QED) is 0.921. The average molecular weight is 260 g/mol. The van der Waals surface area contributed by atoms with E-state index < -0.39 is 6.10 Å². The van der Waals surface area contributed by atoms with E-state index in [0.29, 0.717) is 18.2 Å². The maximum Gasteiger partial charge on any atom is 0.247 e. The average Bonchev–Trinajstić information content (AvgIpc) is 2.77. The highest BCUT2D eigenvalue weighted by molar-refractivity contribution is 5.52. The Bertz CT molecular complexity index is 538. The first-order chi connectivity index (χ1) is 8.86. The highest BCUT2D eigenvalue weighted by Gasteiger charge is 2.24. The number of aliphatic hydroxyl groups excluding tert-OH is 1.